The molecular weight excluding hydrogens is 401 g/mol. The number of rotatable bonds is 5. The number of hydrogen-bond donors (Lipinski definition) is 1. The molecule has 1 aromatic heterocycles. The number of carbonyl (C=O) groups is 1. The Morgan fingerprint density at radius 3 is 2.73 bits per heavy atom. The first kappa shape index (κ1) is 19.6. The van der Waals surface area contributed by atoms with E-state index in [1.165, 1.54) is 24.4 Å². The van der Waals surface area contributed by atoms with Crippen LogP contribution in [0.2, 0.25) is 0 Å². The van der Waals surface area contributed by atoms with Crippen LogP contribution in [-0.4, -0.2) is 18.9 Å². The summed E-state index contributed by atoms with van der Waals surface area (Å²) in [5, 5.41) is 3.82. The second-order valence-corrected chi connectivity index (χ2v) is 6.44. The molecule has 154 valence electrons. The van der Waals surface area contributed by atoms with Gasteiger partial charge in [0.05, 0.1) is 18.2 Å². The van der Waals surface area contributed by atoms with Crippen molar-refractivity contribution in [2.24, 2.45) is 5.10 Å². The Hall–Kier alpha value is -3.75. The third-order valence-electron chi connectivity index (χ3n) is 4.28. The maximum absolute atomic E-state index is 12.8. The Kier molecular flexibility index (Phi) is 5.18. The van der Waals surface area contributed by atoms with Crippen molar-refractivity contribution in [1.29, 1.82) is 0 Å². The van der Waals surface area contributed by atoms with Crippen molar-refractivity contribution in [2.75, 3.05) is 6.79 Å². The summed E-state index contributed by atoms with van der Waals surface area (Å²) in [5.74, 6) is 1.41. The van der Waals surface area contributed by atoms with Crippen molar-refractivity contribution in [3.8, 4) is 22.8 Å². The second-order valence-electron chi connectivity index (χ2n) is 6.44. The largest absolute Gasteiger partial charge is 0.455 e. The first-order chi connectivity index (χ1) is 14.4. The van der Waals surface area contributed by atoms with Crippen LogP contribution in [0.5, 0.6) is 11.5 Å². The molecule has 0 fully saturated rings. The van der Waals surface area contributed by atoms with Gasteiger partial charge in [0.1, 0.15) is 11.5 Å². The SMILES string of the molecule is O=C(Cc1ccc2c(c1)OCO2)N/N=C\c1ccc(-c2cccc(C(F)(F)F)c2)o1. The van der Waals surface area contributed by atoms with E-state index in [9.17, 15) is 18.0 Å². The first-order valence-corrected chi connectivity index (χ1v) is 8.86. The van der Waals surface area contributed by atoms with E-state index in [1.807, 2.05) is 0 Å². The van der Waals surface area contributed by atoms with Crippen molar-refractivity contribution < 1.29 is 31.9 Å². The van der Waals surface area contributed by atoms with E-state index in [1.54, 1.807) is 24.3 Å². The third kappa shape index (κ3) is 4.45. The molecule has 30 heavy (non-hydrogen) atoms. The van der Waals surface area contributed by atoms with Gasteiger partial charge in [0.2, 0.25) is 12.7 Å². The predicted octanol–water partition coefficient (Wildman–Crippen LogP) is 4.39. The van der Waals surface area contributed by atoms with Crippen molar-refractivity contribution in [3.05, 3.63) is 71.5 Å². The number of amides is 1. The van der Waals surface area contributed by atoms with Crippen LogP contribution in [-0.2, 0) is 17.4 Å². The highest BCUT2D eigenvalue weighted by atomic mass is 19.4. The van der Waals surface area contributed by atoms with Gasteiger partial charge in [-0.3, -0.25) is 4.79 Å². The summed E-state index contributed by atoms with van der Waals surface area (Å²) < 4.78 is 54.5. The molecule has 9 heteroatoms. The quantitative estimate of drug-likeness (QED) is 0.495. The molecule has 1 aliphatic heterocycles. The van der Waals surface area contributed by atoms with Gasteiger partial charge in [0.15, 0.2) is 11.5 Å². The number of fused-ring (bicyclic) bond motifs is 1. The van der Waals surface area contributed by atoms with Gasteiger partial charge in [-0.1, -0.05) is 18.2 Å². The number of halogens is 3. The Morgan fingerprint density at radius 1 is 1.07 bits per heavy atom. The van der Waals surface area contributed by atoms with Crippen LogP contribution in [0.1, 0.15) is 16.9 Å². The number of hydrogen-bond acceptors (Lipinski definition) is 5. The van der Waals surface area contributed by atoms with Crippen molar-refractivity contribution >= 4 is 12.1 Å². The zero-order valence-corrected chi connectivity index (χ0v) is 15.4. The van der Waals surface area contributed by atoms with Gasteiger partial charge in [-0.05, 0) is 42.0 Å². The van der Waals surface area contributed by atoms with E-state index in [2.05, 4.69) is 10.5 Å². The summed E-state index contributed by atoms with van der Waals surface area (Å²) in [4.78, 5) is 12.0. The summed E-state index contributed by atoms with van der Waals surface area (Å²) in [5.41, 5.74) is 2.63. The fourth-order valence-corrected chi connectivity index (χ4v) is 2.87. The molecule has 0 saturated carbocycles. The number of benzene rings is 2. The minimum Gasteiger partial charge on any atom is -0.455 e. The molecule has 0 radical (unpaired) electrons. The number of furan rings is 1. The molecule has 0 atom stereocenters. The molecule has 4 rings (SSSR count). The van der Waals surface area contributed by atoms with Crippen LogP contribution in [0, 0.1) is 0 Å². The zero-order chi connectivity index (χ0) is 21.1. The average molecular weight is 416 g/mol. The van der Waals surface area contributed by atoms with Crippen molar-refractivity contribution in [1.82, 2.24) is 5.43 Å². The minimum atomic E-state index is -4.44. The molecule has 1 N–H and O–H groups in total. The Morgan fingerprint density at radius 2 is 1.90 bits per heavy atom. The molecule has 1 amide bonds. The van der Waals surface area contributed by atoms with Crippen LogP contribution in [0.25, 0.3) is 11.3 Å². The third-order valence-corrected chi connectivity index (χ3v) is 4.28. The van der Waals surface area contributed by atoms with Crippen LogP contribution in [0.3, 0.4) is 0 Å². The molecule has 0 aliphatic carbocycles. The molecule has 6 nitrogen and oxygen atoms in total. The number of carbonyl (C=O) groups excluding carboxylic acids is 1. The van der Waals surface area contributed by atoms with Crippen LogP contribution < -0.4 is 14.9 Å². The summed E-state index contributed by atoms with van der Waals surface area (Å²) in [6, 6.07) is 13.1. The fraction of sp³-hybridized carbons (Fsp3) is 0.143. The topological polar surface area (TPSA) is 73.1 Å². The molecular formula is C21H15F3N2O4. The number of hydrazone groups is 1. The monoisotopic (exact) mass is 416 g/mol. The highest BCUT2D eigenvalue weighted by Gasteiger charge is 2.30. The zero-order valence-electron chi connectivity index (χ0n) is 15.4. The van der Waals surface area contributed by atoms with Gasteiger partial charge in [-0.2, -0.15) is 18.3 Å². The van der Waals surface area contributed by atoms with E-state index >= 15 is 0 Å². The smallest absolute Gasteiger partial charge is 0.416 e. The van der Waals surface area contributed by atoms with E-state index in [4.69, 9.17) is 13.9 Å². The van der Waals surface area contributed by atoms with Crippen LogP contribution in [0.4, 0.5) is 13.2 Å². The molecule has 2 aromatic carbocycles. The number of nitrogens with one attached hydrogen (secondary N) is 1. The molecule has 0 spiro atoms. The van der Waals surface area contributed by atoms with Gasteiger partial charge in [-0.15, -0.1) is 0 Å². The highest BCUT2D eigenvalue weighted by molar-refractivity contribution is 5.82. The number of alkyl halides is 3. The molecule has 0 bridgehead atoms. The van der Waals surface area contributed by atoms with E-state index < -0.39 is 11.7 Å². The standard InChI is InChI=1S/C21H15F3N2O4/c22-21(23,24)15-3-1-2-14(10-15)17-7-5-16(30-17)11-25-26-20(27)9-13-4-6-18-19(8-13)29-12-28-18/h1-8,10-11H,9,12H2,(H,26,27)/b25-11-. The van der Waals surface area contributed by atoms with Gasteiger partial charge < -0.3 is 13.9 Å². The fourth-order valence-electron chi connectivity index (χ4n) is 2.87. The molecule has 1 aliphatic rings. The summed E-state index contributed by atoms with van der Waals surface area (Å²) in [6.45, 7) is 0.154. The normalized spacial score (nSPS) is 13.0. The summed E-state index contributed by atoms with van der Waals surface area (Å²) in [7, 11) is 0. The lowest BCUT2D eigenvalue weighted by Gasteiger charge is -2.07. The van der Waals surface area contributed by atoms with Gasteiger partial charge in [0, 0.05) is 5.56 Å². The summed E-state index contributed by atoms with van der Waals surface area (Å²) in [6.07, 6.45) is -3.08. The lowest BCUT2D eigenvalue weighted by atomic mass is 10.1. The number of ether oxygens (including phenoxy) is 2. The molecule has 3 aromatic rings. The van der Waals surface area contributed by atoms with Gasteiger partial charge in [0.25, 0.3) is 0 Å². The molecule has 0 saturated heterocycles. The van der Waals surface area contributed by atoms with Crippen LogP contribution in [0.15, 0.2) is 64.1 Å². The van der Waals surface area contributed by atoms with Gasteiger partial charge >= 0.3 is 6.18 Å². The van der Waals surface area contributed by atoms with E-state index in [0.29, 0.717) is 11.5 Å². The maximum Gasteiger partial charge on any atom is 0.416 e. The number of nitrogens with zero attached hydrogens (tertiary/aromatic N) is 1. The van der Waals surface area contributed by atoms with Crippen molar-refractivity contribution in [2.45, 2.75) is 12.6 Å². The predicted molar refractivity (Wildman–Crippen MR) is 101 cm³/mol. The van der Waals surface area contributed by atoms with Gasteiger partial charge in [-0.25, -0.2) is 5.43 Å². The lowest BCUT2D eigenvalue weighted by molar-refractivity contribution is -0.137. The summed E-state index contributed by atoms with van der Waals surface area (Å²) >= 11 is 0. The minimum absolute atomic E-state index is 0.0849. The highest BCUT2D eigenvalue weighted by Crippen LogP contribution is 2.33. The maximum atomic E-state index is 12.8. The Labute approximate surface area is 168 Å². The second kappa shape index (κ2) is 7.94. The van der Waals surface area contributed by atoms with E-state index in [-0.39, 0.29) is 36.2 Å². The average Bonchev–Trinajstić information content (AvgIpc) is 3.36. The van der Waals surface area contributed by atoms with Crippen LogP contribution >= 0.6 is 0 Å². The Bertz CT molecular complexity index is 1110. The van der Waals surface area contributed by atoms with Crippen molar-refractivity contribution in [3.63, 3.8) is 0 Å². The first-order valence-electron chi connectivity index (χ1n) is 8.86. The molecule has 2 heterocycles. The Balaban J connectivity index is 1.36. The van der Waals surface area contributed by atoms with E-state index in [0.717, 1.165) is 17.7 Å². The molecule has 0 unspecified atom stereocenters. The lowest BCUT2D eigenvalue weighted by Crippen LogP contribution is -2.19.